The molecule has 1 fully saturated rings. The van der Waals surface area contributed by atoms with Crippen LogP contribution in [0, 0.1) is 0 Å². The van der Waals surface area contributed by atoms with Gasteiger partial charge >= 0.3 is 0 Å². The second-order valence-electron chi connectivity index (χ2n) is 3.75. The maximum absolute atomic E-state index is 5.32. The molecule has 1 aromatic rings. The van der Waals surface area contributed by atoms with Crippen LogP contribution >= 0.6 is 11.8 Å². The van der Waals surface area contributed by atoms with Gasteiger partial charge in [-0.3, -0.25) is 0 Å². The van der Waals surface area contributed by atoms with Crippen LogP contribution in [0.1, 0.15) is 12.0 Å². The highest BCUT2D eigenvalue weighted by Gasteiger charge is 2.14. The van der Waals surface area contributed by atoms with E-state index in [0.29, 0.717) is 6.04 Å². The third-order valence-corrected chi connectivity index (χ3v) is 3.87. The Balaban J connectivity index is 1.91. The second-order valence-corrected chi connectivity index (χ2v) is 4.90. The van der Waals surface area contributed by atoms with Crippen LogP contribution in [0.15, 0.2) is 24.3 Å². The summed E-state index contributed by atoms with van der Waals surface area (Å²) in [6, 6.07) is 8.88. The zero-order chi connectivity index (χ0) is 10.5. The smallest absolute Gasteiger partial charge is 0.123 e. The van der Waals surface area contributed by atoms with Crippen molar-refractivity contribution in [1.82, 2.24) is 5.32 Å². The fraction of sp³-hybridized carbons (Fsp3) is 0.500. The first-order chi connectivity index (χ1) is 7.40. The van der Waals surface area contributed by atoms with E-state index in [4.69, 9.17) is 4.74 Å². The molecule has 0 saturated carbocycles. The lowest BCUT2D eigenvalue weighted by atomic mass is 10.2. The molecule has 0 spiro atoms. The number of benzene rings is 1. The van der Waals surface area contributed by atoms with Crippen LogP contribution in [0.3, 0.4) is 0 Å². The first-order valence-electron chi connectivity index (χ1n) is 5.33. The molecule has 0 amide bonds. The number of methoxy groups -OCH3 is 1. The fourth-order valence-electron chi connectivity index (χ4n) is 1.80. The van der Waals surface area contributed by atoms with Crippen LogP contribution in [0.4, 0.5) is 0 Å². The molecule has 0 radical (unpaired) electrons. The molecule has 1 atom stereocenters. The van der Waals surface area contributed by atoms with Crippen LogP contribution in [-0.4, -0.2) is 24.7 Å². The summed E-state index contributed by atoms with van der Waals surface area (Å²) in [5, 5.41) is 3.57. The van der Waals surface area contributed by atoms with Gasteiger partial charge in [-0.1, -0.05) is 18.2 Å². The average Bonchev–Trinajstić information content (AvgIpc) is 2.79. The molecule has 15 heavy (non-hydrogen) atoms. The standard InChI is InChI=1S/C12H17NOS/c1-14-12-5-3-2-4-10(12)8-13-11-6-7-15-9-11/h2-5,11,13H,6-9H2,1H3/t11-/m0/s1. The molecule has 1 heterocycles. The third kappa shape index (κ3) is 2.89. The molecule has 1 aliphatic heterocycles. The van der Waals surface area contributed by atoms with Gasteiger partial charge in [0.15, 0.2) is 0 Å². The Hall–Kier alpha value is -0.670. The lowest BCUT2D eigenvalue weighted by Crippen LogP contribution is -2.28. The zero-order valence-electron chi connectivity index (χ0n) is 9.03. The molecule has 1 aliphatic rings. The van der Waals surface area contributed by atoms with E-state index in [-0.39, 0.29) is 0 Å². The van der Waals surface area contributed by atoms with Crippen molar-refractivity contribution in [2.24, 2.45) is 0 Å². The van der Waals surface area contributed by atoms with E-state index in [1.165, 1.54) is 23.5 Å². The second kappa shape index (κ2) is 5.42. The van der Waals surface area contributed by atoms with Crippen molar-refractivity contribution in [3.8, 4) is 5.75 Å². The number of hydrogen-bond acceptors (Lipinski definition) is 3. The van der Waals surface area contributed by atoms with Gasteiger partial charge in [-0.25, -0.2) is 0 Å². The normalized spacial score (nSPS) is 20.5. The quantitative estimate of drug-likeness (QED) is 0.846. The van der Waals surface area contributed by atoms with Gasteiger partial charge in [0, 0.05) is 23.9 Å². The topological polar surface area (TPSA) is 21.3 Å². The lowest BCUT2D eigenvalue weighted by molar-refractivity contribution is 0.406. The average molecular weight is 223 g/mol. The van der Waals surface area contributed by atoms with Crippen LogP contribution in [-0.2, 0) is 6.54 Å². The first kappa shape index (κ1) is 10.8. The Morgan fingerprint density at radius 2 is 2.33 bits per heavy atom. The van der Waals surface area contributed by atoms with E-state index in [2.05, 4.69) is 17.4 Å². The summed E-state index contributed by atoms with van der Waals surface area (Å²) in [6.07, 6.45) is 1.29. The molecule has 1 aromatic carbocycles. The van der Waals surface area contributed by atoms with Gasteiger partial charge in [0.05, 0.1) is 7.11 Å². The van der Waals surface area contributed by atoms with Crippen molar-refractivity contribution in [3.05, 3.63) is 29.8 Å². The summed E-state index contributed by atoms with van der Waals surface area (Å²) >= 11 is 2.03. The van der Waals surface area contributed by atoms with Crippen molar-refractivity contribution in [1.29, 1.82) is 0 Å². The summed E-state index contributed by atoms with van der Waals surface area (Å²) in [5.74, 6) is 3.52. The molecule has 0 bridgehead atoms. The summed E-state index contributed by atoms with van der Waals surface area (Å²) in [5.41, 5.74) is 1.25. The number of nitrogens with one attached hydrogen (secondary N) is 1. The Morgan fingerprint density at radius 3 is 3.07 bits per heavy atom. The van der Waals surface area contributed by atoms with Crippen LogP contribution in [0.5, 0.6) is 5.75 Å². The van der Waals surface area contributed by atoms with Crippen molar-refractivity contribution < 1.29 is 4.74 Å². The van der Waals surface area contributed by atoms with Crippen molar-refractivity contribution in [2.45, 2.75) is 19.0 Å². The third-order valence-electron chi connectivity index (χ3n) is 2.70. The maximum Gasteiger partial charge on any atom is 0.123 e. The predicted octanol–water partition coefficient (Wildman–Crippen LogP) is 2.29. The minimum absolute atomic E-state index is 0.680. The van der Waals surface area contributed by atoms with E-state index in [0.717, 1.165) is 12.3 Å². The lowest BCUT2D eigenvalue weighted by Gasteiger charge is -2.13. The Kier molecular flexibility index (Phi) is 3.92. The van der Waals surface area contributed by atoms with E-state index >= 15 is 0 Å². The highest BCUT2D eigenvalue weighted by Crippen LogP contribution is 2.20. The molecule has 2 nitrogen and oxygen atoms in total. The van der Waals surface area contributed by atoms with Gasteiger partial charge in [0.1, 0.15) is 5.75 Å². The number of ether oxygens (including phenoxy) is 1. The molecule has 2 rings (SSSR count). The van der Waals surface area contributed by atoms with Gasteiger partial charge in [-0.05, 0) is 18.2 Å². The minimum Gasteiger partial charge on any atom is -0.496 e. The van der Waals surface area contributed by atoms with Crippen LogP contribution in [0.2, 0.25) is 0 Å². The van der Waals surface area contributed by atoms with Gasteiger partial charge < -0.3 is 10.1 Å². The van der Waals surface area contributed by atoms with Crippen molar-refractivity contribution >= 4 is 11.8 Å². The van der Waals surface area contributed by atoms with Crippen LogP contribution < -0.4 is 10.1 Å². The molecule has 0 aliphatic carbocycles. The number of para-hydroxylation sites is 1. The van der Waals surface area contributed by atoms with Crippen LogP contribution in [0.25, 0.3) is 0 Å². The molecule has 1 saturated heterocycles. The van der Waals surface area contributed by atoms with E-state index < -0.39 is 0 Å². The maximum atomic E-state index is 5.32. The minimum atomic E-state index is 0.680. The summed E-state index contributed by atoms with van der Waals surface area (Å²) in [4.78, 5) is 0. The Morgan fingerprint density at radius 1 is 1.47 bits per heavy atom. The SMILES string of the molecule is COc1ccccc1CN[C@H]1CCSC1. The highest BCUT2D eigenvalue weighted by atomic mass is 32.2. The van der Waals surface area contributed by atoms with Gasteiger partial charge in [-0.2, -0.15) is 11.8 Å². The van der Waals surface area contributed by atoms with E-state index in [1.807, 2.05) is 23.9 Å². The van der Waals surface area contributed by atoms with Gasteiger partial charge in [0.25, 0.3) is 0 Å². The molecule has 0 aromatic heterocycles. The predicted molar refractivity (Wildman–Crippen MR) is 65.6 cm³/mol. The Labute approximate surface area is 95.4 Å². The molecule has 3 heteroatoms. The van der Waals surface area contributed by atoms with Crippen molar-refractivity contribution in [2.75, 3.05) is 18.6 Å². The molecule has 0 unspecified atom stereocenters. The molecule has 1 N–H and O–H groups in total. The number of thioether (sulfide) groups is 1. The summed E-state index contributed by atoms with van der Waals surface area (Å²) < 4.78 is 5.32. The van der Waals surface area contributed by atoms with Crippen molar-refractivity contribution in [3.63, 3.8) is 0 Å². The number of hydrogen-bond donors (Lipinski definition) is 1. The monoisotopic (exact) mass is 223 g/mol. The van der Waals surface area contributed by atoms with Gasteiger partial charge in [0.2, 0.25) is 0 Å². The molecular weight excluding hydrogens is 206 g/mol. The summed E-state index contributed by atoms with van der Waals surface area (Å²) in [7, 11) is 1.73. The molecule has 82 valence electrons. The first-order valence-corrected chi connectivity index (χ1v) is 6.48. The summed E-state index contributed by atoms with van der Waals surface area (Å²) in [6.45, 7) is 0.912. The molecular formula is C12H17NOS. The largest absolute Gasteiger partial charge is 0.496 e. The fourth-order valence-corrected chi connectivity index (χ4v) is 2.99. The van der Waals surface area contributed by atoms with Gasteiger partial charge in [-0.15, -0.1) is 0 Å². The highest BCUT2D eigenvalue weighted by molar-refractivity contribution is 7.99. The zero-order valence-corrected chi connectivity index (χ0v) is 9.85. The Bertz CT molecular complexity index is 310. The number of rotatable bonds is 4. The van der Waals surface area contributed by atoms with E-state index in [9.17, 15) is 0 Å². The van der Waals surface area contributed by atoms with E-state index in [1.54, 1.807) is 7.11 Å².